The fourth-order valence-corrected chi connectivity index (χ4v) is 5.07. The molecule has 0 bridgehead atoms. The third-order valence-corrected chi connectivity index (χ3v) is 6.73. The van der Waals surface area contributed by atoms with Gasteiger partial charge in [-0.25, -0.2) is 8.42 Å². The Morgan fingerprint density at radius 2 is 1.82 bits per heavy atom. The average Bonchev–Trinajstić information content (AvgIpc) is 3.13. The van der Waals surface area contributed by atoms with E-state index in [2.05, 4.69) is 16.0 Å². The Labute approximate surface area is 164 Å². The number of sulfone groups is 1. The van der Waals surface area contributed by atoms with Gasteiger partial charge in [-0.3, -0.25) is 25.1 Å². The third-order valence-electron chi connectivity index (χ3n) is 4.96. The normalized spacial score (nSPS) is 18.0. The summed E-state index contributed by atoms with van der Waals surface area (Å²) in [6.07, 6.45) is 0.274. The van der Waals surface area contributed by atoms with E-state index in [4.69, 9.17) is 0 Å². The monoisotopic (exact) mass is 404 g/mol. The number of aromatic nitrogens is 2. The van der Waals surface area contributed by atoms with Crippen LogP contribution >= 0.6 is 0 Å². The van der Waals surface area contributed by atoms with Crippen molar-refractivity contribution < 1.29 is 18.0 Å². The predicted octanol–water partition coefficient (Wildman–Crippen LogP) is 1.05. The van der Waals surface area contributed by atoms with E-state index in [1.807, 2.05) is 31.2 Å². The first-order chi connectivity index (χ1) is 13.2. The number of hydrogen-bond acceptors (Lipinski definition) is 5. The molecule has 0 spiro atoms. The minimum absolute atomic E-state index is 0.00301. The first-order valence-corrected chi connectivity index (χ1v) is 10.9. The molecule has 2 aromatic rings. The van der Waals surface area contributed by atoms with Crippen molar-refractivity contribution in [3.05, 3.63) is 52.3 Å². The lowest BCUT2D eigenvalue weighted by Crippen LogP contribution is -2.45. The van der Waals surface area contributed by atoms with Crippen molar-refractivity contribution in [1.82, 2.24) is 20.6 Å². The molecule has 1 aromatic carbocycles. The van der Waals surface area contributed by atoms with Gasteiger partial charge in [0.05, 0.1) is 35.2 Å². The number of amides is 2. The van der Waals surface area contributed by atoms with E-state index in [-0.39, 0.29) is 17.9 Å². The summed E-state index contributed by atoms with van der Waals surface area (Å²) in [5.74, 6) is -1.77. The fourth-order valence-electron chi connectivity index (χ4n) is 3.33. The summed E-state index contributed by atoms with van der Waals surface area (Å²) in [6.45, 7) is 6.09. The smallest absolute Gasteiger partial charge is 0.273 e. The fraction of sp³-hybridized carbons (Fsp3) is 0.421. The number of aryl methyl sites for hydroxylation is 2. The molecule has 1 atom stereocenters. The van der Waals surface area contributed by atoms with Gasteiger partial charge in [0.25, 0.3) is 5.91 Å². The molecule has 0 aliphatic carbocycles. The Hall–Kier alpha value is -2.68. The predicted molar refractivity (Wildman–Crippen MR) is 104 cm³/mol. The van der Waals surface area contributed by atoms with Gasteiger partial charge in [-0.05, 0) is 32.8 Å². The van der Waals surface area contributed by atoms with Gasteiger partial charge in [0.2, 0.25) is 5.91 Å². The van der Waals surface area contributed by atoms with Crippen LogP contribution in [0.1, 0.15) is 39.3 Å². The number of hydrazine groups is 1. The second-order valence-corrected chi connectivity index (χ2v) is 9.46. The van der Waals surface area contributed by atoms with E-state index in [1.165, 1.54) is 5.56 Å². The maximum atomic E-state index is 12.5. The molecular formula is C19H24N4O4S. The molecule has 1 aromatic heterocycles. The third kappa shape index (κ3) is 4.41. The zero-order valence-corrected chi connectivity index (χ0v) is 17.0. The second kappa shape index (κ2) is 7.75. The second-order valence-electron chi connectivity index (χ2n) is 7.23. The number of rotatable bonds is 4. The number of carbonyl (C=O) groups excluding carboxylic acids is 2. The largest absolute Gasteiger partial charge is 0.273 e. The van der Waals surface area contributed by atoms with Crippen LogP contribution in [0.15, 0.2) is 24.3 Å². The van der Waals surface area contributed by atoms with Crippen LogP contribution in [0.3, 0.4) is 0 Å². The van der Waals surface area contributed by atoms with Gasteiger partial charge in [0.1, 0.15) is 0 Å². The van der Waals surface area contributed by atoms with Gasteiger partial charge in [-0.15, -0.1) is 0 Å². The van der Waals surface area contributed by atoms with Gasteiger partial charge in [-0.1, -0.05) is 29.8 Å². The highest BCUT2D eigenvalue weighted by Gasteiger charge is 2.33. The van der Waals surface area contributed by atoms with E-state index >= 15 is 0 Å². The zero-order valence-electron chi connectivity index (χ0n) is 16.2. The highest BCUT2D eigenvalue weighted by atomic mass is 32.2. The molecule has 2 heterocycles. The lowest BCUT2D eigenvalue weighted by Gasteiger charge is -2.11. The van der Waals surface area contributed by atoms with E-state index < -0.39 is 27.6 Å². The van der Waals surface area contributed by atoms with Gasteiger partial charge >= 0.3 is 0 Å². The Morgan fingerprint density at radius 1 is 1.14 bits per heavy atom. The standard InChI is InChI=1S/C19H24N4O4S/c1-12-4-6-15(7-5-12)10-23-14(3)17(13(2)22-23)19(25)21-20-18(24)16-8-9-28(26,27)11-16/h4-7,16H,8-11H2,1-3H3,(H,20,24)(H,21,25)/t16-/m0/s1. The molecule has 0 saturated carbocycles. The maximum absolute atomic E-state index is 12.5. The molecule has 1 aliphatic rings. The number of benzene rings is 1. The van der Waals surface area contributed by atoms with E-state index in [0.717, 1.165) is 5.56 Å². The number of hydrogen-bond donors (Lipinski definition) is 2. The Morgan fingerprint density at radius 3 is 2.43 bits per heavy atom. The van der Waals surface area contributed by atoms with Crippen LogP contribution in [-0.4, -0.2) is 41.5 Å². The van der Waals surface area contributed by atoms with Gasteiger partial charge < -0.3 is 0 Å². The molecule has 1 fully saturated rings. The minimum atomic E-state index is -3.16. The Kier molecular flexibility index (Phi) is 5.55. The van der Waals surface area contributed by atoms with Crippen molar-refractivity contribution in [2.75, 3.05) is 11.5 Å². The van der Waals surface area contributed by atoms with Crippen LogP contribution in [-0.2, 0) is 21.2 Å². The maximum Gasteiger partial charge on any atom is 0.273 e. The molecule has 1 aliphatic heterocycles. The van der Waals surface area contributed by atoms with Gasteiger partial charge in [0, 0.05) is 5.69 Å². The first kappa shape index (κ1) is 20.1. The molecule has 0 unspecified atom stereocenters. The molecule has 3 rings (SSSR count). The molecule has 150 valence electrons. The summed E-state index contributed by atoms with van der Waals surface area (Å²) in [7, 11) is -3.16. The Bertz CT molecular complexity index is 1010. The molecule has 9 heteroatoms. The summed E-state index contributed by atoms with van der Waals surface area (Å²) in [4.78, 5) is 24.6. The van der Waals surface area contributed by atoms with Crippen molar-refractivity contribution in [2.45, 2.75) is 33.7 Å². The minimum Gasteiger partial charge on any atom is -0.273 e. The number of nitrogens with one attached hydrogen (secondary N) is 2. The van der Waals surface area contributed by atoms with Crippen LogP contribution < -0.4 is 10.9 Å². The van der Waals surface area contributed by atoms with Crippen LogP contribution in [0.25, 0.3) is 0 Å². The highest BCUT2D eigenvalue weighted by Crippen LogP contribution is 2.18. The van der Waals surface area contributed by atoms with Crippen LogP contribution in [0.2, 0.25) is 0 Å². The molecule has 2 amide bonds. The molecular weight excluding hydrogens is 380 g/mol. The number of carbonyl (C=O) groups is 2. The quantitative estimate of drug-likeness (QED) is 0.740. The van der Waals surface area contributed by atoms with E-state index in [1.54, 1.807) is 18.5 Å². The molecule has 2 N–H and O–H groups in total. The summed E-state index contributed by atoms with van der Waals surface area (Å²) in [5, 5.41) is 4.44. The SMILES string of the molecule is Cc1ccc(Cn2nc(C)c(C(=O)NNC(=O)[C@H]3CCS(=O)(=O)C3)c2C)cc1. The molecule has 1 saturated heterocycles. The van der Waals surface area contributed by atoms with Crippen molar-refractivity contribution in [2.24, 2.45) is 5.92 Å². The average molecular weight is 404 g/mol. The summed E-state index contributed by atoms with van der Waals surface area (Å²) >= 11 is 0. The summed E-state index contributed by atoms with van der Waals surface area (Å²) in [6, 6.07) is 8.07. The topological polar surface area (TPSA) is 110 Å². The van der Waals surface area contributed by atoms with Crippen LogP contribution in [0.4, 0.5) is 0 Å². The van der Waals surface area contributed by atoms with E-state index in [9.17, 15) is 18.0 Å². The zero-order chi connectivity index (χ0) is 20.5. The number of nitrogens with zero attached hydrogens (tertiary/aromatic N) is 2. The van der Waals surface area contributed by atoms with Crippen LogP contribution in [0, 0.1) is 26.7 Å². The van der Waals surface area contributed by atoms with E-state index in [0.29, 0.717) is 23.5 Å². The van der Waals surface area contributed by atoms with Crippen molar-refractivity contribution in [1.29, 1.82) is 0 Å². The van der Waals surface area contributed by atoms with Crippen molar-refractivity contribution in [3.8, 4) is 0 Å². The lowest BCUT2D eigenvalue weighted by atomic mass is 10.1. The lowest BCUT2D eigenvalue weighted by molar-refractivity contribution is -0.125. The van der Waals surface area contributed by atoms with Crippen molar-refractivity contribution >= 4 is 21.7 Å². The first-order valence-electron chi connectivity index (χ1n) is 9.06. The molecule has 28 heavy (non-hydrogen) atoms. The molecule has 8 nitrogen and oxygen atoms in total. The van der Waals surface area contributed by atoms with Crippen LogP contribution in [0.5, 0.6) is 0 Å². The summed E-state index contributed by atoms with van der Waals surface area (Å²) < 4.78 is 24.7. The molecule has 0 radical (unpaired) electrons. The highest BCUT2D eigenvalue weighted by molar-refractivity contribution is 7.91. The summed E-state index contributed by atoms with van der Waals surface area (Å²) in [5.41, 5.74) is 8.60. The Balaban J connectivity index is 1.66. The van der Waals surface area contributed by atoms with Crippen molar-refractivity contribution in [3.63, 3.8) is 0 Å². The van der Waals surface area contributed by atoms with Gasteiger partial charge in [0.15, 0.2) is 9.84 Å². The van der Waals surface area contributed by atoms with Gasteiger partial charge in [-0.2, -0.15) is 5.10 Å².